The first-order valence-electron chi connectivity index (χ1n) is 8.70. The molecule has 122 valence electrons. The predicted octanol–water partition coefficient (Wildman–Crippen LogP) is 4.20. The maximum atomic E-state index is 5.93. The summed E-state index contributed by atoms with van der Waals surface area (Å²) in [7, 11) is 0. The number of fused-ring (bicyclic) bond motifs is 1. The third-order valence-electron chi connectivity index (χ3n) is 4.96. The molecule has 2 heterocycles. The van der Waals surface area contributed by atoms with Crippen LogP contribution in [0.25, 0.3) is 10.8 Å². The number of rotatable bonds is 3. The molecule has 0 aliphatic carbocycles. The fourth-order valence-electron chi connectivity index (χ4n) is 3.81. The van der Waals surface area contributed by atoms with E-state index in [0.717, 1.165) is 18.8 Å². The van der Waals surface area contributed by atoms with Crippen LogP contribution in [0.1, 0.15) is 30.0 Å². The molecular formula is C21H23N3. The highest BCUT2D eigenvalue weighted by Gasteiger charge is 2.23. The number of aromatic nitrogens is 1. The van der Waals surface area contributed by atoms with Crippen molar-refractivity contribution in [3.8, 4) is 0 Å². The van der Waals surface area contributed by atoms with Gasteiger partial charge in [-0.1, -0.05) is 36.4 Å². The van der Waals surface area contributed by atoms with Gasteiger partial charge in [0.15, 0.2) is 0 Å². The molecule has 1 saturated heterocycles. The van der Waals surface area contributed by atoms with Crippen LogP contribution in [0.15, 0.2) is 60.8 Å². The molecule has 4 rings (SSSR count). The average Bonchev–Trinajstić information content (AvgIpc) is 2.62. The first-order chi connectivity index (χ1) is 11.8. The van der Waals surface area contributed by atoms with E-state index in [1.165, 1.54) is 41.4 Å². The Balaban J connectivity index is 1.58. The summed E-state index contributed by atoms with van der Waals surface area (Å²) in [5, 5.41) is 2.44. The summed E-state index contributed by atoms with van der Waals surface area (Å²) >= 11 is 0. The van der Waals surface area contributed by atoms with Crippen LogP contribution in [0.5, 0.6) is 0 Å². The van der Waals surface area contributed by atoms with Crippen LogP contribution in [0.4, 0.5) is 5.69 Å². The van der Waals surface area contributed by atoms with Crippen molar-refractivity contribution in [2.24, 2.45) is 0 Å². The quantitative estimate of drug-likeness (QED) is 0.736. The minimum Gasteiger partial charge on any atom is -0.399 e. The van der Waals surface area contributed by atoms with Gasteiger partial charge in [-0.15, -0.1) is 0 Å². The van der Waals surface area contributed by atoms with E-state index in [1.54, 1.807) is 0 Å². The molecule has 1 fully saturated rings. The van der Waals surface area contributed by atoms with Gasteiger partial charge in [-0.3, -0.25) is 9.88 Å². The summed E-state index contributed by atoms with van der Waals surface area (Å²) in [5.74, 6) is 0.495. The molecular weight excluding hydrogens is 294 g/mol. The van der Waals surface area contributed by atoms with E-state index in [1.807, 2.05) is 18.3 Å². The zero-order chi connectivity index (χ0) is 16.4. The lowest BCUT2D eigenvalue weighted by Gasteiger charge is -2.33. The van der Waals surface area contributed by atoms with Gasteiger partial charge in [-0.25, -0.2) is 0 Å². The van der Waals surface area contributed by atoms with E-state index in [-0.39, 0.29) is 0 Å². The fraction of sp³-hybridized carbons (Fsp3) is 0.286. The first kappa shape index (κ1) is 15.2. The fourth-order valence-corrected chi connectivity index (χ4v) is 3.81. The molecule has 0 bridgehead atoms. The summed E-state index contributed by atoms with van der Waals surface area (Å²) in [5.41, 5.74) is 9.36. The van der Waals surface area contributed by atoms with Crippen molar-refractivity contribution >= 4 is 16.5 Å². The molecule has 1 unspecified atom stereocenters. The number of nitrogens with zero attached hydrogens (tertiary/aromatic N) is 2. The van der Waals surface area contributed by atoms with Gasteiger partial charge >= 0.3 is 0 Å². The number of hydrogen-bond donors (Lipinski definition) is 1. The second kappa shape index (κ2) is 6.62. The first-order valence-corrected chi connectivity index (χ1v) is 8.70. The van der Waals surface area contributed by atoms with Gasteiger partial charge in [0.1, 0.15) is 0 Å². The van der Waals surface area contributed by atoms with E-state index in [4.69, 9.17) is 10.7 Å². The lowest BCUT2D eigenvalue weighted by Crippen LogP contribution is -2.34. The summed E-state index contributed by atoms with van der Waals surface area (Å²) in [6.07, 6.45) is 4.36. The van der Waals surface area contributed by atoms with Crippen molar-refractivity contribution in [1.29, 1.82) is 0 Å². The molecule has 1 atom stereocenters. The molecule has 0 saturated carbocycles. The molecule has 3 heteroatoms. The van der Waals surface area contributed by atoms with Crippen molar-refractivity contribution in [2.45, 2.75) is 25.3 Å². The van der Waals surface area contributed by atoms with E-state index in [2.05, 4.69) is 47.4 Å². The van der Waals surface area contributed by atoms with E-state index >= 15 is 0 Å². The number of nitrogen functional groups attached to an aromatic ring is 1. The number of anilines is 1. The van der Waals surface area contributed by atoms with Crippen molar-refractivity contribution in [3.63, 3.8) is 0 Å². The van der Waals surface area contributed by atoms with Crippen molar-refractivity contribution in [1.82, 2.24) is 9.88 Å². The molecule has 2 N–H and O–H groups in total. The molecule has 1 aromatic heterocycles. The molecule has 0 spiro atoms. The smallest absolute Gasteiger partial charge is 0.0525 e. The Kier molecular flexibility index (Phi) is 4.18. The monoisotopic (exact) mass is 317 g/mol. The number of likely N-dealkylation sites (tertiary alicyclic amines) is 1. The van der Waals surface area contributed by atoms with Crippen molar-refractivity contribution in [3.05, 3.63) is 72.1 Å². The number of hydrogen-bond acceptors (Lipinski definition) is 3. The van der Waals surface area contributed by atoms with Crippen LogP contribution in [0, 0.1) is 0 Å². The lowest BCUT2D eigenvalue weighted by atomic mass is 9.91. The van der Waals surface area contributed by atoms with Gasteiger partial charge in [0.25, 0.3) is 0 Å². The highest BCUT2D eigenvalue weighted by Crippen LogP contribution is 2.31. The Hall–Kier alpha value is -2.39. The molecule has 0 radical (unpaired) electrons. The maximum Gasteiger partial charge on any atom is 0.0525 e. The van der Waals surface area contributed by atoms with Gasteiger partial charge in [0, 0.05) is 36.3 Å². The van der Waals surface area contributed by atoms with Gasteiger partial charge < -0.3 is 5.73 Å². The third-order valence-corrected chi connectivity index (χ3v) is 4.96. The Morgan fingerprint density at radius 1 is 1.08 bits per heavy atom. The topological polar surface area (TPSA) is 42.1 Å². The summed E-state index contributed by atoms with van der Waals surface area (Å²) in [6.45, 7) is 3.27. The predicted molar refractivity (Wildman–Crippen MR) is 99.8 cm³/mol. The zero-order valence-corrected chi connectivity index (χ0v) is 13.9. The van der Waals surface area contributed by atoms with Crippen LogP contribution in [0.3, 0.4) is 0 Å². The van der Waals surface area contributed by atoms with E-state index < -0.39 is 0 Å². The summed E-state index contributed by atoms with van der Waals surface area (Å²) < 4.78 is 0. The van der Waals surface area contributed by atoms with Crippen LogP contribution in [-0.2, 0) is 6.54 Å². The Bertz CT molecular complexity index is 829. The van der Waals surface area contributed by atoms with E-state index in [0.29, 0.717) is 5.92 Å². The standard InChI is InChI=1S/C21H23N3/c22-19-8-9-20-17(13-19)10-11-23-21(20)18-7-4-12-24(15-18)14-16-5-2-1-3-6-16/h1-3,5-6,8-11,13,18H,4,7,12,14-15,22H2. The molecule has 0 amide bonds. The Morgan fingerprint density at radius 2 is 1.96 bits per heavy atom. The SMILES string of the molecule is Nc1ccc2c(C3CCCN(Cc4ccccc4)C3)nccc2c1. The van der Waals surface area contributed by atoms with Crippen LogP contribution in [-0.4, -0.2) is 23.0 Å². The molecule has 24 heavy (non-hydrogen) atoms. The number of piperidine rings is 1. The maximum absolute atomic E-state index is 5.93. The van der Waals surface area contributed by atoms with Gasteiger partial charge in [0.2, 0.25) is 0 Å². The Labute approximate surface area is 143 Å². The zero-order valence-electron chi connectivity index (χ0n) is 13.9. The largest absolute Gasteiger partial charge is 0.399 e. The second-order valence-corrected chi connectivity index (χ2v) is 6.74. The van der Waals surface area contributed by atoms with Crippen LogP contribution in [0.2, 0.25) is 0 Å². The minimum absolute atomic E-state index is 0.495. The van der Waals surface area contributed by atoms with Crippen LogP contribution < -0.4 is 5.73 Å². The number of nitrogens with two attached hydrogens (primary N) is 1. The highest BCUT2D eigenvalue weighted by atomic mass is 15.1. The lowest BCUT2D eigenvalue weighted by molar-refractivity contribution is 0.199. The van der Waals surface area contributed by atoms with Crippen molar-refractivity contribution < 1.29 is 0 Å². The third kappa shape index (κ3) is 3.13. The summed E-state index contributed by atoms with van der Waals surface area (Å²) in [4.78, 5) is 7.29. The summed E-state index contributed by atoms with van der Waals surface area (Å²) in [6, 6.07) is 19.0. The number of pyridine rings is 1. The number of benzene rings is 2. The van der Waals surface area contributed by atoms with E-state index in [9.17, 15) is 0 Å². The van der Waals surface area contributed by atoms with Gasteiger partial charge in [-0.2, -0.15) is 0 Å². The minimum atomic E-state index is 0.495. The highest BCUT2D eigenvalue weighted by molar-refractivity contribution is 5.87. The molecule has 1 aliphatic heterocycles. The average molecular weight is 317 g/mol. The normalized spacial score (nSPS) is 18.8. The second-order valence-electron chi connectivity index (χ2n) is 6.74. The molecule has 3 aromatic rings. The Morgan fingerprint density at radius 3 is 2.83 bits per heavy atom. The molecule has 1 aliphatic rings. The molecule has 3 nitrogen and oxygen atoms in total. The van der Waals surface area contributed by atoms with Crippen LogP contribution >= 0.6 is 0 Å². The van der Waals surface area contributed by atoms with Crippen molar-refractivity contribution in [2.75, 3.05) is 18.8 Å². The van der Waals surface area contributed by atoms with Gasteiger partial charge in [-0.05, 0) is 48.5 Å². The molecule has 2 aromatic carbocycles. The van der Waals surface area contributed by atoms with Gasteiger partial charge in [0.05, 0.1) is 5.69 Å².